The molecule has 2 unspecified atom stereocenters. The predicted octanol–water partition coefficient (Wildman–Crippen LogP) is 0.994. The maximum atomic E-state index is 12.8. The Hall–Kier alpha value is -1.96. The molecule has 0 spiro atoms. The summed E-state index contributed by atoms with van der Waals surface area (Å²) < 4.78 is 5.45. The Balaban J connectivity index is 1.61. The van der Waals surface area contributed by atoms with Gasteiger partial charge in [-0.15, -0.1) is 0 Å². The summed E-state index contributed by atoms with van der Waals surface area (Å²) in [6.45, 7) is 8.14. The van der Waals surface area contributed by atoms with Gasteiger partial charge in [-0.3, -0.25) is 19.4 Å². The lowest BCUT2D eigenvalue weighted by Crippen LogP contribution is -2.51. The minimum Gasteiger partial charge on any atom is -0.379 e. The molecular formula is C22H34N4O3. The lowest BCUT2D eigenvalue weighted by molar-refractivity contribution is -0.129. The molecule has 29 heavy (non-hydrogen) atoms. The summed E-state index contributed by atoms with van der Waals surface area (Å²) in [7, 11) is 0. The number of hydrogen-bond acceptors (Lipinski definition) is 5. The van der Waals surface area contributed by atoms with Crippen LogP contribution in [-0.4, -0.2) is 79.6 Å². The summed E-state index contributed by atoms with van der Waals surface area (Å²) in [4.78, 5) is 29.6. The monoisotopic (exact) mass is 402 g/mol. The second-order valence-corrected chi connectivity index (χ2v) is 8.06. The molecule has 0 radical (unpaired) electrons. The fourth-order valence-electron chi connectivity index (χ4n) is 3.96. The standard InChI is InChI=1S/C22H34N4O3/c1-18(15-25-11-13-29-14-12-25)26(16-19-7-3-2-4-8-19)17-21(27)24-20-9-5-6-10-23-22(20)28/h2-4,7-8,18,20H,5-6,9-17H2,1H3,(H,23,28)(H,24,27). The van der Waals surface area contributed by atoms with Crippen LogP contribution in [0.2, 0.25) is 0 Å². The molecule has 2 atom stereocenters. The van der Waals surface area contributed by atoms with Crippen LogP contribution < -0.4 is 10.6 Å². The van der Waals surface area contributed by atoms with Gasteiger partial charge in [0.05, 0.1) is 19.8 Å². The van der Waals surface area contributed by atoms with Crippen LogP contribution in [0, 0.1) is 0 Å². The molecule has 3 rings (SSSR count). The summed E-state index contributed by atoms with van der Waals surface area (Å²) in [5.74, 6) is -0.149. The number of benzene rings is 1. The molecule has 0 saturated carbocycles. The first-order valence-corrected chi connectivity index (χ1v) is 10.8. The normalized spacial score (nSPS) is 22.0. The fourth-order valence-corrected chi connectivity index (χ4v) is 3.96. The maximum Gasteiger partial charge on any atom is 0.242 e. The number of ether oxygens (including phenoxy) is 1. The molecule has 2 saturated heterocycles. The largest absolute Gasteiger partial charge is 0.379 e. The van der Waals surface area contributed by atoms with Crippen molar-refractivity contribution in [3.05, 3.63) is 35.9 Å². The van der Waals surface area contributed by atoms with E-state index in [2.05, 4.69) is 39.5 Å². The minimum absolute atomic E-state index is 0.0631. The molecule has 1 aromatic carbocycles. The summed E-state index contributed by atoms with van der Waals surface area (Å²) >= 11 is 0. The van der Waals surface area contributed by atoms with Crippen LogP contribution >= 0.6 is 0 Å². The van der Waals surface area contributed by atoms with Gasteiger partial charge in [-0.2, -0.15) is 0 Å². The van der Waals surface area contributed by atoms with E-state index in [1.54, 1.807) is 0 Å². The van der Waals surface area contributed by atoms with Gasteiger partial charge < -0.3 is 15.4 Å². The molecule has 0 bridgehead atoms. The molecule has 2 fully saturated rings. The van der Waals surface area contributed by atoms with Crippen LogP contribution in [-0.2, 0) is 20.9 Å². The predicted molar refractivity (Wildman–Crippen MR) is 112 cm³/mol. The highest BCUT2D eigenvalue weighted by Crippen LogP contribution is 2.11. The van der Waals surface area contributed by atoms with Crippen LogP contribution in [0.3, 0.4) is 0 Å². The fraction of sp³-hybridized carbons (Fsp3) is 0.636. The van der Waals surface area contributed by atoms with Crippen LogP contribution in [0.15, 0.2) is 30.3 Å². The molecule has 2 amide bonds. The Kier molecular flexibility index (Phi) is 8.46. The molecule has 160 valence electrons. The number of rotatable bonds is 8. The summed E-state index contributed by atoms with van der Waals surface area (Å²) in [6.07, 6.45) is 2.62. The first-order valence-electron chi connectivity index (χ1n) is 10.8. The van der Waals surface area contributed by atoms with Gasteiger partial charge in [0.1, 0.15) is 6.04 Å². The van der Waals surface area contributed by atoms with Gasteiger partial charge in [0, 0.05) is 38.8 Å². The van der Waals surface area contributed by atoms with Gasteiger partial charge >= 0.3 is 0 Å². The molecule has 2 aliphatic heterocycles. The van der Waals surface area contributed by atoms with Crippen molar-refractivity contribution in [1.82, 2.24) is 20.4 Å². The molecule has 1 aromatic rings. The number of hydrogen-bond donors (Lipinski definition) is 2. The summed E-state index contributed by atoms with van der Waals surface area (Å²) in [5.41, 5.74) is 1.18. The molecule has 7 heteroatoms. The van der Waals surface area contributed by atoms with E-state index in [1.165, 1.54) is 5.56 Å². The van der Waals surface area contributed by atoms with E-state index in [0.717, 1.165) is 45.7 Å². The van der Waals surface area contributed by atoms with E-state index in [-0.39, 0.29) is 24.4 Å². The highest BCUT2D eigenvalue weighted by atomic mass is 16.5. The third kappa shape index (κ3) is 7.10. The lowest BCUT2D eigenvalue weighted by atomic mass is 10.1. The number of nitrogens with one attached hydrogen (secondary N) is 2. The number of amides is 2. The Morgan fingerprint density at radius 2 is 2.03 bits per heavy atom. The number of carbonyl (C=O) groups is 2. The number of carbonyl (C=O) groups excluding carboxylic acids is 2. The molecule has 2 N–H and O–H groups in total. The average molecular weight is 403 g/mol. The highest BCUT2D eigenvalue weighted by Gasteiger charge is 2.25. The average Bonchev–Trinajstić information content (AvgIpc) is 2.93. The molecule has 0 aliphatic carbocycles. The minimum atomic E-state index is -0.418. The smallest absolute Gasteiger partial charge is 0.242 e. The number of nitrogens with zero attached hydrogens (tertiary/aromatic N) is 2. The maximum absolute atomic E-state index is 12.8. The van der Waals surface area contributed by atoms with Crippen molar-refractivity contribution >= 4 is 11.8 Å². The zero-order valence-corrected chi connectivity index (χ0v) is 17.4. The SMILES string of the molecule is CC(CN1CCOCC1)N(CC(=O)NC1CCCCNC1=O)Cc1ccccc1. The van der Waals surface area contributed by atoms with E-state index in [1.807, 2.05) is 18.2 Å². The van der Waals surface area contributed by atoms with Gasteiger partial charge in [0.25, 0.3) is 0 Å². The molecule has 2 aliphatic rings. The number of morpholine rings is 1. The van der Waals surface area contributed by atoms with Gasteiger partial charge in [-0.25, -0.2) is 0 Å². The van der Waals surface area contributed by atoms with E-state index in [9.17, 15) is 9.59 Å². The quantitative estimate of drug-likeness (QED) is 0.679. The molecule has 0 aromatic heterocycles. The van der Waals surface area contributed by atoms with Crippen molar-refractivity contribution in [2.45, 2.75) is 44.8 Å². The van der Waals surface area contributed by atoms with Crippen LogP contribution in [0.1, 0.15) is 31.7 Å². The second kappa shape index (κ2) is 11.3. The zero-order chi connectivity index (χ0) is 20.5. The van der Waals surface area contributed by atoms with Crippen molar-refractivity contribution in [2.75, 3.05) is 45.9 Å². The Bertz CT molecular complexity index is 649. The van der Waals surface area contributed by atoms with E-state index in [4.69, 9.17) is 4.74 Å². The molecule has 2 heterocycles. The van der Waals surface area contributed by atoms with Gasteiger partial charge in [-0.1, -0.05) is 30.3 Å². The molecule has 7 nitrogen and oxygen atoms in total. The van der Waals surface area contributed by atoms with Crippen molar-refractivity contribution in [1.29, 1.82) is 0 Å². The van der Waals surface area contributed by atoms with Crippen LogP contribution in [0.25, 0.3) is 0 Å². The Morgan fingerprint density at radius 3 is 2.79 bits per heavy atom. The van der Waals surface area contributed by atoms with Crippen molar-refractivity contribution < 1.29 is 14.3 Å². The Morgan fingerprint density at radius 1 is 1.28 bits per heavy atom. The zero-order valence-electron chi connectivity index (χ0n) is 17.4. The van der Waals surface area contributed by atoms with E-state index < -0.39 is 6.04 Å². The second-order valence-electron chi connectivity index (χ2n) is 8.06. The van der Waals surface area contributed by atoms with E-state index in [0.29, 0.717) is 19.5 Å². The summed E-state index contributed by atoms with van der Waals surface area (Å²) in [5, 5.41) is 5.84. The van der Waals surface area contributed by atoms with Crippen LogP contribution in [0.4, 0.5) is 0 Å². The Labute approximate surface area is 173 Å². The van der Waals surface area contributed by atoms with Gasteiger partial charge in [-0.05, 0) is 31.7 Å². The lowest BCUT2D eigenvalue weighted by Gasteiger charge is -2.35. The topological polar surface area (TPSA) is 73.9 Å². The van der Waals surface area contributed by atoms with E-state index >= 15 is 0 Å². The van der Waals surface area contributed by atoms with Crippen molar-refractivity contribution in [3.8, 4) is 0 Å². The summed E-state index contributed by atoms with van der Waals surface area (Å²) in [6, 6.07) is 10.0. The highest BCUT2D eigenvalue weighted by molar-refractivity contribution is 5.88. The van der Waals surface area contributed by atoms with Crippen molar-refractivity contribution in [3.63, 3.8) is 0 Å². The first-order chi connectivity index (χ1) is 14.1. The van der Waals surface area contributed by atoms with Gasteiger partial charge in [0.2, 0.25) is 11.8 Å². The first kappa shape index (κ1) is 21.7. The van der Waals surface area contributed by atoms with Gasteiger partial charge in [0.15, 0.2) is 0 Å². The molecular weight excluding hydrogens is 368 g/mol. The third-order valence-electron chi connectivity index (χ3n) is 5.70. The third-order valence-corrected chi connectivity index (χ3v) is 5.70. The van der Waals surface area contributed by atoms with Crippen molar-refractivity contribution in [2.24, 2.45) is 0 Å². The van der Waals surface area contributed by atoms with Crippen LogP contribution in [0.5, 0.6) is 0 Å².